The minimum Gasteiger partial charge on any atom is -0.476 e. The molecule has 0 atom stereocenters. The SMILES string of the molecule is CC(C)n1nc(C(=O)O)c2ccccc21.Cc1cccc(Cl)c1-c1noc(C2CC2)c1COC1CCC(O)CC1. The highest BCUT2D eigenvalue weighted by Crippen LogP contribution is 2.45. The van der Waals surface area contributed by atoms with Crippen LogP contribution in [0.5, 0.6) is 0 Å². The molecule has 2 aliphatic carbocycles. The van der Waals surface area contributed by atoms with Crippen LogP contribution in [0.3, 0.4) is 0 Å². The number of carboxylic acids is 1. The number of fused-ring (bicyclic) bond motifs is 1. The first-order valence-electron chi connectivity index (χ1n) is 14.0. The number of hydrogen-bond acceptors (Lipinski definition) is 6. The van der Waals surface area contributed by atoms with Crippen molar-refractivity contribution in [2.75, 3.05) is 0 Å². The first kappa shape index (κ1) is 28.3. The van der Waals surface area contributed by atoms with Gasteiger partial charge in [0.2, 0.25) is 0 Å². The largest absolute Gasteiger partial charge is 0.476 e. The van der Waals surface area contributed by atoms with Gasteiger partial charge in [-0.2, -0.15) is 5.10 Å². The predicted molar refractivity (Wildman–Crippen MR) is 154 cm³/mol. The van der Waals surface area contributed by atoms with E-state index in [0.717, 1.165) is 72.2 Å². The number of carboxylic acid groups (broad SMARTS) is 1. The molecule has 0 bridgehead atoms. The molecule has 0 unspecified atom stereocenters. The van der Waals surface area contributed by atoms with Crippen LogP contribution in [0.4, 0.5) is 0 Å². The van der Waals surface area contributed by atoms with Gasteiger partial charge in [0.1, 0.15) is 11.5 Å². The molecule has 6 rings (SSSR count). The Bertz CT molecular complexity index is 1460. The van der Waals surface area contributed by atoms with E-state index in [1.165, 1.54) is 0 Å². The molecule has 2 saturated carbocycles. The number of para-hydroxylation sites is 1. The number of benzene rings is 2. The van der Waals surface area contributed by atoms with E-state index in [1.807, 2.05) is 57.2 Å². The molecular formula is C31H36ClN3O5. The average Bonchev–Trinajstić information content (AvgIpc) is 3.56. The van der Waals surface area contributed by atoms with Crippen molar-refractivity contribution in [2.45, 2.75) is 90.1 Å². The summed E-state index contributed by atoms with van der Waals surface area (Å²) in [7, 11) is 0. The lowest BCUT2D eigenvalue weighted by Crippen LogP contribution is -2.24. The van der Waals surface area contributed by atoms with Gasteiger partial charge in [-0.1, -0.05) is 47.1 Å². The van der Waals surface area contributed by atoms with Gasteiger partial charge in [0.25, 0.3) is 0 Å². The third-order valence-corrected chi connectivity index (χ3v) is 7.95. The van der Waals surface area contributed by atoms with Crippen molar-refractivity contribution in [1.29, 1.82) is 0 Å². The first-order chi connectivity index (χ1) is 19.2. The number of ether oxygens (including phenoxy) is 1. The van der Waals surface area contributed by atoms with Crippen molar-refractivity contribution in [3.8, 4) is 11.3 Å². The molecule has 9 heteroatoms. The molecule has 0 aliphatic heterocycles. The van der Waals surface area contributed by atoms with E-state index in [-0.39, 0.29) is 23.9 Å². The summed E-state index contributed by atoms with van der Waals surface area (Å²) in [5.74, 6) is 0.451. The molecule has 4 aromatic rings. The first-order valence-corrected chi connectivity index (χ1v) is 14.4. The van der Waals surface area contributed by atoms with Crippen molar-refractivity contribution in [1.82, 2.24) is 14.9 Å². The van der Waals surface area contributed by atoms with Crippen LogP contribution >= 0.6 is 11.6 Å². The van der Waals surface area contributed by atoms with Gasteiger partial charge in [-0.25, -0.2) is 4.79 Å². The van der Waals surface area contributed by atoms with Crippen molar-refractivity contribution >= 4 is 28.5 Å². The fourth-order valence-electron chi connectivity index (χ4n) is 5.31. The molecule has 2 heterocycles. The maximum absolute atomic E-state index is 11.0. The minimum absolute atomic E-state index is 0.124. The van der Waals surface area contributed by atoms with Gasteiger partial charge in [-0.3, -0.25) is 4.68 Å². The van der Waals surface area contributed by atoms with Crippen LogP contribution in [0.2, 0.25) is 5.02 Å². The number of carbonyl (C=O) groups is 1. The quantitative estimate of drug-likeness (QED) is 0.241. The smallest absolute Gasteiger partial charge is 0.357 e. The van der Waals surface area contributed by atoms with Crippen LogP contribution in [0, 0.1) is 6.92 Å². The highest BCUT2D eigenvalue weighted by atomic mass is 35.5. The fraction of sp³-hybridized carbons (Fsp3) is 0.452. The standard InChI is InChI=1S/C20H24ClNO3.C11H12N2O2/c1-12-3-2-4-17(21)18(12)19-16(20(25-22-19)13-5-6-13)11-24-15-9-7-14(23)8-10-15;1-7(2)13-9-6-4-3-5-8(9)10(12-13)11(14)15/h2-4,13-15,23H,5-11H2,1H3;3-7H,1-2H3,(H,14,15). The third-order valence-electron chi connectivity index (χ3n) is 7.64. The zero-order chi connectivity index (χ0) is 28.4. The Labute approximate surface area is 238 Å². The number of aliphatic hydroxyl groups excluding tert-OH is 1. The summed E-state index contributed by atoms with van der Waals surface area (Å²) >= 11 is 6.46. The molecule has 2 fully saturated rings. The highest BCUT2D eigenvalue weighted by Gasteiger charge is 2.34. The molecule has 0 radical (unpaired) electrons. The Kier molecular flexibility index (Phi) is 8.59. The van der Waals surface area contributed by atoms with Crippen molar-refractivity contribution in [2.24, 2.45) is 0 Å². The number of nitrogens with zero attached hydrogens (tertiary/aromatic N) is 3. The van der Waals surface area contributed by atoms with Crippen LogP contribution in [-0.4, -0.2) is 43.3 Å². The average molecular weight is 566 g/mol. The molecule has 2 aromatic carbocycles. The minimum atomic E-state index is -0.981. The Hall–Kier alpha value is -3.20. The van der Waals surface area contributed by atoms with Gasteiger partial charge >= 0.3 is 5.97 Å². The van der Waals surface area contributed by atoms with Gasteiger partial charge in [0.05, 0.1) is 29.4 Å². The molecular weight excluding hydrogens is 530 g/mol. The molecule has 0 spiro atoms. The summed E-state index contributed by atoms with van der Waals surface area (Å²) in [6.45, 7) is 6.49. The number of aliphatic hydroxyl groups is 1. The number of aryl methyl sites for hydroxylation is 1. The number of aromatic carboxylic acids is 1. The Morgan fingerprint density at radius 3 is 2.48 bits per heavy atom. The number of halogens is 1. The second-order valence-electron chi connectivity index (χ2n) is 11.0. The van der Waals surface area contributed by atoms with E-state index in [0.29, 0.717) is 22.9 Å². The molecule has 40 heavy (non-hydrogen) atoms. The summed E-state index contributed by atoms with van der Waals surface area (Å²) < 4.78 is 13.6. The van der Waals surface area contributed by atoms with Crippen LogP contribution in [0.25, 0.3) is 22.2 Å². The summed E-state index contributed by atoms with van der Waals surface area (Å²) in [6.07, 6.45) is 5.79. The van der Waals surface area contributed by atoms with E-state index in [9.17, 15) is 9.90 Å². The van der Waals surface area contributed by atoms with Gasteiger partial charge in [-0.15, -0.1) is 0 Å². The van der Waals surface area contributed by atoms with E-state index in [4.69, 9.17) is 26.0 Å². The van der Waals surface area contributed by atoms with E-state index in [1.54, 1.807) is 10.7 Å². The fourth-order valence-corrected chi connectivity index (χ4v) is 5.62. The number of hydrogen-bond donors (Lipinski definition) is 2. The molecule has 2 aromatic heterocycles. The number of rotatable bonds is 7. The molecule has 8 nitrogen and oxygen atoms in total. The lowest BCUT2D eigenvalue weighted by Gasteiger charge is -2.25. The lowest BCUT2D eigenvalue weighted by atomic mass is 9.95. The summed E-state index contributed by atoms with van der Waals surface area (Å²) in [5, 5.41) is 28.5. The maximum atomic E-state index is 11.0. The predicted octanol–water partition coefficient (Wildman–Crippen LogP) is 7.32. The van der Waals surface area contributed by atoms with Crippen LogP contribution < -0.4 is 0 Å². The summed E-state index contributed by atoms with van der Waals surface area (Å²) in [5.41, 5.74) is 4.89. The van der Waals surface area contributed by atoms with Crippen LogP contribution in [-0.2, 0) is 11.3 Å². The second kappa shape index (κ2) is 12.1. The number of aromatic nitrogens is 3. The molecule has 212 valence electrons. The van der Waals surface area contributed by atoms with E-state index >= 15 is 0 Å². The zero-order valence-corrected chi connectivity index (χ0v) is 23.9. The summed E-state index contributed by atoms with van der Waals surface area (Å²) in [4.78, 5) is 11.0. The monoisotopic (exact) mass is 565 g/mol. The van der Waals surface area contributed by atoms with Gasteiger partial charge in [0.15, 0.2) is 5.69 Å². The third kappa shape index (κ3) is 6.09. The maximum Gasteiger partial charge on any atom is 0.357 e. The second-order valence-corrected chi connectivity index (χ2v) is 11.4. The molecule has 2 N–H and O–H groups in total. The van der Waals surface area contributed by atoms with Crippen molar-refractivity contribution < 1.29 is 24.3 Å². The van der Waals surface area contributed by atoms with Crippen LogP contribution in [0.15, 0.2) is 47.0 Å². The topological polar surface area (TPSA) is 111 Å². The van der Waals surface area contributed by atoms with Gasteiger partial charge < -0.3 is 19.5 Å². The Morgan fingerprint density at radius 2 is 1.82 bits per heavy atom. The highest BCUT2D eigenvalue weighted by molar-refractivity contribution is 6.33. The van der Waals surface area contributed by atoms with E-state index in [2.05, 4.69) is 10.3 Å². The van der Waals surface area contributed by atoms with Crippen LogP contribution in [0.1, 0.15) is 91.7 Å². The summed E-state index contributed by atoms with van der Waals surface area (Å²) in [6, 6.07) is 13.4. The zero-order valence-electron chi connectivity index (χ0n) is 23.1. The van der Waals surface area contributed by atoms with Crippen molar-refractivity contribution in [3.05, 3.63) is 70.1 Å². The van der Waals surface area contributed by atoms with Crippen molar-refractivity contribution in [3.63, 3.8) is 0 Å². The Morgan fingerprint density at radius 1 is 1.10 bits per heavy atom. The Balaban J connectivity index is 0.000000184. The van der Waals surface area contributed by atoms with Gasteiger partial charge in [-0.05, 0) is 77.0 Å². The molecule has 2 aliphatic rings. The van der Waals surface area contributed by atoms with E-state index < -0.39 is 5.97 Å². The normalized spacial score (nSPS) is 19.1. The van der Waals surface area contributed by atoms with Gasteiger partial charge in [0, 0.05) is 28.5 Å². The molecule has 0 saturated heterocycles. The lowest BCUT2D eigenvalue weighted by molar-refractivity contribution is -0.0121. The molecule has 0 amide bonds.